The number of benzene rings is 2. The van der Waals surface area contributed by atoms with Crippen LogP contribution in [0.4, 0.5) is 5.69 Å². The highest BCUT2D eigenvalue weighted by Gasteiger charge is 2.17. The summed E-state index contributed by atoms with van der Waals surface area (Å²) in [4.78, 5) is 12.7. The highest BCUT2D eigenvalue weighted by Crippen LogP contribution is 2.25. The number of aromatic nitrogens is 5. The fraction of sp³-hybridized carbons (Fsp3) is 0.250. The molecule has 0 unspecified atom stereocenters. The first kappa shape index (κ1) is 21.8. The van der Waals surface area contributed by atoms with Gasteiger partial charge in [0.15, 0.2) is 5.16 Å². The van der Waals surface area contributed by atoms with Crippen LogP contribution in [0.1, 0.15) is 28.1 Å². The summed E-state index contributed by atoms with van der Waals surface area (Å²) in [5.41, 5.74) is 7.91. The molecule has 0 saturated heterocycles. The number of anilines is 1. The number of aryl methyl sites for hydroxylation is 4. The Kier molecular flexibility index (Phi) is 6.14. The molecule has 32 heavy (non-hydrogen) atoms. The van der Waals surface area contributed by atoms with Crippen molar-refractivity contribution in [2.24, 2.45) is 0 Å². The zero-order valence-electron chi connectivity index (χ0n) is 18.9. The highest BCUT2D eigenvalue weighted by molar-refractivity contribution is 7.99. The Labute approximate surface area is 191 Å². The smallest absolute Gasteiger partial charge is 0.234 e. The first-order valence-corrected chi connectivity index (χ1v) is 11.4. The SMILES string of the molecule is Cc1ccc(-n2nc(C)c(NC(=O)CSc3nncn3-c3ccc(C)cc3C)c2C)cc1. The summed E-state index contributed by atoms with van der Waals surface area (Å²) in [5.74, 6) is 0.109. The molecule has 2 aromatic carbocycles. The molecule has 0 aliphatic rings. The van der Waals surface area contributed by atoms with Crippen LogP contribution in [0.3, 0.4) is 0 Å². The van der Waals surface area contributed by atoms with Gasteiger partial charge in [-0.05, 0) is 58.4 Å². The van der Waals surface area contributed by atoms with Gasteiger partial charge in [-0.15, -0.1) is 10.2 Å². The summed E-state index contributed by atoms with van der Waals surface area (Å²) >= 11 is 1.36. The second-order valence-electron chi connectivity index (χ2n) is 7.90. The van der Waals surface area contributed by atoms with E-state index in [1.54, 1.807) is 6.33 Å². The second kappa shape index (κ2) is 9.00. The summed E-state index contributed by atoms with van der Waals surface area (Å²) in [5, 5.41) is 16.6. The second-order valence-corrected chi connectivity index (χ2v) is 8.85. The average molecular weight is 447 g/mol. The lowest BCUT2D eigenvalue weighted by Gasteiger charge is -2.10. The number of nitrogens with one attached hydrogen (secondary N) is 1. The molecule has 0 aliphatic carbocycles. The molecule has 7 nitrogen and oxygen atoms in total. The maximum absolute atomic E-state index is 12.7. The fourth-order valence-corrected chi connectivity index (χ4v) is 4.35. The van der Waals surface area contributed by atoms with E-state index in [9.17, 15) is 4.79 Å². The maximum Gasteiger partial charge on any atom is 0.234 e. The van der Waals surface area contributed by atoms with E-state index in [2.05, 4.69) is 53.5 Å². The number of nitrogens with zero attached hydrogens (tertiary/aromatic N) is 5. The molecule has 8 heteroatoms. The summed E-state index contributed by atoms with van der Waals surface area (Å²) in [6.07, 6.45) is 1.68. The lowest BCUT2D eigenvalue weighted by Crippen LogP contribution is -2.15. The first-order chi connectivity index (χ1) is 15.3. The van der Waals surface area contributed by atoms with E-state index in [4.69, 9.17) is 0 Å². The van der Waals surface area contributed by atoms with Gasteiger partial charge in [0, 0.05) is 0 Å². The molecule has 2 heterocycles. The average Bonchev–Trinajstić information content (AvgIpc) is 3.33. The van der Waals surface area contributed by atoms with E-state index in [1.165, 1.54) is 22.9 Å². The van der Waals surface area contributed by atoms with Gasteiger partial charge in [0.25, 0.3) is 0 Å². The topological polar surface area (TPSA) is 77.6 Å². The number of amides is 1. The maximum atomic E-state index is 12.7. The largest absolute Gasteiger partial charge is 0.322 e. The molecule has 4 aromatic rings. The van der Waals surface area contributed by atoms with Crippen molar-refractivity contribution < 1.29 is 4.79 Å². The molecule has 0 atom stereocenters. The molecular formula is C24H26N6OS. The Balaban J connectivity index is 1.47. The predicted octanol–water partition coefficient (Wildman–Crippen LogP) is 4.73. The van der Waals surface area contributed by atoms with Crippen molar-refractivity contribution in [1.29, 1.82) is 0 Å². The minimum Gasteiger partial charge on any atom is -0.322 e. The quantitative estimate of drug-likeness (QED) is 0.434. The molecule has 0 spiro atoms. The van der Waals surface area contributed by atoms with Crippen LogP contribution in [0.2, 0.25) is 0 Å². The summed E-state index contributed by atoms with van der Waals surface area (Å²) < 4.78 is 3.77. The molecular weight excluding hydrogens is 420 g/mol. The van der Waals surface area contributed by atoms with Crippen LogP contribution in [0.5, 0.6) is 0 Å². The first-order valence-electron chi connectivity index (χ1n) is 10.4. The minimum atomic E-state index is -0.111. The molecule has 1 N–H and O–H groups in total. The third-order valence-electron chi connectivity index (χ3n) is 5.29. The van der Waals surface area contributed by atoms with E-state index < -0.39 is 0 Å². The van der Waals surface area contributed by atoms with Crippen LogP contribution in [-0.4, -0.2) is 36.2 Å². The zero-order valence-corrected chi connectivity index (χ0v) is 19.7. The van der Waals surface area contributed by atoms with Crippen molar-refractivity contribution in [1.82, 2.24) is 24.5 Å². The fourth-order valence-electron chi connectivity index (χ4n) is 3.63. The van der Waals surface area contributed by atoms with E-state index >= 15 is 0 Å². The van der Waals surface area contributed by atoms with Gasteiger partial charge in [0.2, 0.25) is 5.91 Å². The summed E-state index contributed by atoms with van der Waals surface area (Å²) in [7, 11) is 0. The number of thioether (sulfide) groups is 1. The monoisotopic (exact) mass is 446 g/mol. The van der Waals surface area contributed by atoms with Crippen LogP contribution in [0.25, 0.3) is 11.4 Å². The number of hydrogen-bond acceptors (Lipinski definition) is 5. The lowest BCUT2D eigenvalue weighted by atomic mass is 10.1. The number of carbonyl (C=O) groups is 1. The van der Waals surface area contributed by atoms with Gasteiger partial charge in [0.1, 0.15) is 6.33 Å². The van der Waals surface area contributed by atoms with Crippen molar-refractivity contribution in [3.8, 4) is 11.4 Å². The van der Waals surface area contributed by atoms with E-state index in [1.807, 2.05) is 53.4 Å². The Bertz CT molecular complexity index is 1270. The van der Waals surface area contributed by atoms with Crippen molar-refractivity contribution in [3.63, 3.8) is 0 Å². The minimum absolute atomic E-state index is 0.111. The van der Waals surface area contributed by atoms with Gasteiger partial charge in [-0.2, -0.15) is 5.10 Å². The number of hydrogen-bond donors (Lipinski definition) is 1. The van der Waals surface area contributed by atoms with Crippen LogP contribution < -0.4 is 5.32 Å². The molecule has 4 rings (SSSR count). The molecule has 0 aliphatic heterocycles. The van der Waals surface area contributed by atoms with Crippen molar-refractivity contribution in [3.05, 3.63) is 76.9 Å². The van der Waals surface area contributed by atoms with E-state index in [0.717, 1.165) is 34.0 Å². The standard InChI is InChI=1S/C24H26N6OS/c1-15-6-9-20(10-7-15)30-19(5)23(18(4)28-30)26-22(31)13-32-24-27-25-14-29(24)21-11-8-16(2)12-17(21)3/h6-12,14H,13H2,1-5H3,(H,26,31). The van der Waals surface area contributed by atoms with Gasteiger partial charge >= 0.3 is 0 Å². The lowest BCUT2D eigenvalue weighted by molar-refractivity contribution is -0.113. The molecule has 0 radical (unpaired) electrons. The Morgan fingerprint density at radius 2 is 1.72 bits per heavy atom. The predicted molar refractivity (Wildman–Crippen MR) is 128 cm³/mol. The molecule has 0 bridgehead atoms. The van der Waals surface area contributed by atoms with Gasteiger partial charge in [0.05, 0.1) is 34.2 Å². The van der Waals surface area contributed by atoms with Crippen molar-refractivity contribution in [2.45, 2.75) is 39.8 Å². The molecule has 164 valence electrons. The molecule has 1 amide bonds. The van der Waals surface area contributed by atoms with Crippen LogP contribution in [-0.2, 0) is 4.79 Å². The molecule has 0 fully saturated rings. The Morgan fingerprint density at radius 1 is 1.00 bits per heavy atom. The van der Waals surface area contributed by atoms with Gasteiger partial charge in [-0.3, -0.25) is 9.36 Å². The number of carbonyl (C=O) groups excluding carboxylic acids is 1. The number of rotatable bonds is 6. The summed E-state index contributed by atoms with van der Waals surface area (Å²) in [6, 6.07) is 14.4. The summed E-state index contributed by atoms with van der Waals surface area (Å²) in [6.45, 7) is 10.0. The van der Waals surface area contributed by atoms with Crippen LogP contribution in [0.15, 0.2) is 53.9 Å². The third kappa shape index (κ3) is 4.45. The van der Waals surface area contributed by atoms with Gasteiger partial charge in [-0.25, -0.2) is 4.68 Å². The normalized spacial score (nSPS) is 11.0. The third-order valence-corrected chi connectivity index (χ3v) is 6.24. The van der Waals surface area contributed by atoms with E-state index in [0.29, 0.717) is 5.16 Å². The van der Waals surface area contributed by atoms with Gasteiger partial charge < -0.3 is 5.32 Å². The van der Waals surface area contributed by atoms with Gasteiger partial charge in [-0.1, -0.05) is 47.2 Å². The van der Waals surface area contributed by atoms with Crippen molar-refractivity contribution >= 4 is 23.4 Å². The Hall–Kier alpha value is -3.39. The zero-order chi connectivity index (χ0) is 22.8. The highest BCUT2D eigenvalue weighted by atomic mass is 32.2. The van der Waals surface area contributed by atoms with Crippen LogP contribution in [0, 0.1) is 34.6 Å². The van der Waals surface area contributed by atoms with Crippen molar-refractivity contribution in [2.75, 3.05) is 11.1 Å². The van der Waals surface area contributed by atoms with Crippen LogP contribution >= 0.6 is 11.8 Å². The molecule has 2 aromatic heterocycles. The van der Waals surface area contributed by atoms with E-state index in [-0.39, 0.29) is 11.7 Å². The molecule has 0 saturated carbocycles. The Morgan fingerprint density at radius 3 is 2.44 bits per heavy atom.